The molecule has 0 bridgehead atoms. The number of pyridine rings is 2. The monoisotopic (exact) mass is 411 g/mol. The molecular formula is C20H18FN5O4. The Hall–Kier alpha value is -3.82. The number of H-pyrrole nitrogens is 1. The molecule has 154 valence electrons. The summed E-state index contributed by atoms with van der Waals surface area (Å²) in [6.07, 6.45) is 3.99. The number of aromatic amines is 1. The fourth-order valence-electron chi connectivity index (χ4n) is 3.09. The highest BCUT2D eigenvalue weighted by atomic mass is 19.1. The normalized spacial score (nSPS) is 13.3. The SMILES string of the molecule is CN(C)C(=O)c1cnc(-c2cc3c(C(=O)O)cnc(NC(=O)C4CC4)c3[nH]2)c(F)c1. The molecule has 0 atom stereocenters. The van der Waals surface area contributed by atoms with Crippen molar-refractivity contribution in [1.82, 2.24) is 19.9 Å². The predicted molar refractivity (Wildman–Crippen MR) is 106 cm³/mol. The van der Waals surface area contributed by atoms with Gasteiger partial charge in [-0.05, 0) is 25.0 Å². The first-order valence-electron chi connectivity index (χ1n) is 9.19. The molecule has 3 aromatic heterocycles. The van der Waals surface area contributed by atoms with Crippen molar-refractivity contribution in [3.8, 4) is 11.4 Å². The van der Waals surface area contributed by atoms with Gasteiger partial charge in [-0.1, -0.05) is 0 Å². The second-order valence-electron chi connectivity index (χ2n) is 7.31. The van der Waals surface area contributed by atoms with Crippen molar-refractivity contribution >= 4 is 34.5 Å². The van der Waals surface area contributed by atoms with Crippen LogP contribution in [-0.2, 0) is 4.79 Å². The van der Waals surface area contributed by atoms with Crippen molar-refractivity contribution in [2.75, 3.05) is 19.4 Å². The number of aromatic carboxylic acids is 1. The average molecular weight is 411 g/mol. The first-order valence-corrected chi connectivity index (χ1v) is 9.19. The minimum Gasteiger partial charge on any atom is -0.478 e. The molecule has 0 aliphatic heterocycles. The summed E-state index contributed by atoms with van der Waals surface area (Å²) in [5, 5.41) is 12.4. The fraction of sp³-hybridized carbons (Fsp3) is 0.250. The van der Waals surface area contributed by atoms with Gasteiger partial charge in [-0.2, -0.15) is 0 Å². The van der Waals surface area contributed by atoms with Crippen LogP contribution in [0.1, 0.15) is 33.6 Å². The summed E-state index contributed by atoms with van der Waals surface area (Å²) < 4.78 is 14.7. The first-order chi connectivity index (χ1) is 14.3. The van der Waals surface area contributed by atoms with Crippen LogP contribution < -0.4 is 5.32 Å². The number of aromatic nitrogens is 3. The van der Waals surface area contributed by atoms with Gasteiger partial charge in [0.15, 0.2) is 11.6 Å². The summed E-state index contributed by atoms with van der Waals surface area (Å²) in [4.78, 5) is 48.1. The number of carboxylic acid groups (broad SMARTS) is 1. The van der Waals surface area contributed by atoms with Gasteiger partial charge in [0.2, 0.25) is 5.91 Å². The maximum absolute atomic E-state index is 14.7. The number of fused-ring (bicyclic) bond motifs is 1. The number of carbonyl (C=O) groups excluding carboxylic acids is 2. The Labute approximate surface area is 169 Å². The van der Waals surface area contributed by atoms with Crippen LogP contribution in [0.3, 0.4) is 0 Å². The van der Waals surface area contributed by atoms with E-state index < -0.39 is 17.7 Å². The van der Waals surface area contributed by atoms with Crippen LogP contribution in [0.25, 0.3) is 22.3 Å². The molecule has 1 aliphatic carbocycles. The topological polar surface area (TPSA) is 128 Å². The highest BCUT2D eigenvalue weighted by Crippen LogP contribution is 2.33. The number of halogens is 1. The van der Waals surface area contributed by atoms with E-state index in [9.17, 15) is 23.9 Å². The third-order valence-corrected chi connectivity index (χ3v) is 4.84. The number of hydrogen-bond donors (Lipinski definition) is 3. The van der Waals surface area contributed by atoms with Gasteiger partial charge < -0.3 is 20.3 Å². The molecule has 2 amide bonds. The standard InChI is InChI=1S/C20H18FN5O4/c1-26(2)19(28)10-5-13(21)16(22-7-10)14-6-11-12(20(29)30)8-23-17(15(11)24-14)25-18(27)9-3-4-9/h5-9,24H,3-4H2,1-2H3,(H,29,30)(H,23,25,27). The summed E-state index contributed by atoms with van der Waals surface area (Å²) in [7, 11) is 3.09. The number of rotatable bonds is 5. The van der Waals surface area contributed by atoms with Gasteiger partial charge in [0.25, 0.3) is 5.91 Å². The third-order valence-electron chi connectivity index (χ3n) is 4.84. The zero-order chi connectivity index (χ0) is 21.6. The second kappa shape index (κ2) is 7.21. The van der Waals surface area contributed by atoms with E-state index in [-0.39, 0.29) is 51.1 Å². The maximum atomic E-state index is 14.7. The molecule has 3 aromatic rings. The van der Waals surface area contributed by atoms with Gasteiger partial charge in [0.1, 0.15) is 5.69 Å². The molecule has 1 fully saturated rings. The van der Waals surface area contributed by atoms with E-state index in [1.165, 1.54) is 17.2 Å². The lowest BCUT2D eigenvalue weighted by atomic mass is 10.1. The van der Waals surface area contributed by atoms with Gasteiger partial charge in [0.05, 0.1) is 22.3 Å². The highest BCUT2D eigenvalue weighted by Gasteiger charge is 2.30. The number of nitrogens with one attached hydrogen (secondary N) is 2. The molecule has 0 unspecified atom stereocenters. The van der Waals surface area contributed by atoms with Gasteiger partial charge in [-0.3, -0.25) is 14.6 Å². The Morgan fingerprint density at radius 2 is 1.93 bits per heavy atom. The Kier molecular flexibility index (Phi) is 4.69. The van der Waals surface area contributed by atoms with E-state index in [0.717, 1.165) is 25.1 Å². The Morgan fingerprint density at radius 3 is 2.53 bits per heavy atom. The van der Waals surface area contributed by atoms with E-state index in [0.29, 0.717) is 0 Å². The zero-order valence-corrected chi connectivity index (χ0v) is 16.2. The van der Waals surface area contributed by atoms with Gasteiger partial charge in [0, 0.05) is 37.8 Å². The van der Waals surface area contributed by atoms with Gasteiger partial charge in [-0.25, -0.2) is 14.2 Å². The lowest BCUT2D eigenvalue weighted by Crippen LogP contribution is -2.22. The van der Waals surface area contributed by atoms with E-state index in [1.54, 1.807) is 14.1 Å². The zero-order valence-electron chi connectivity index (χ0n) is 16.2. The Balaban J connectivity index is 1.80. The quantitative estimate of drug-likeness (QED) is 0.592. The van der Waals surface area contributed by atoms with Crippen molar-refractivity contribution in [2.24, 2.45) is 5.92 Å². The first kappa shape index (κ1) is 19.5. The van der Waals surface area contributed by atoms with Crippen LogP contribution in [-0.4, -0.2) is 56.8 Å². The molecule has 3 heterocycles. The molecule has 4 rings (SSSR count). The van der Waals surface area contributed by atoms with Crippen LogP contribution in [0.5, 0.6) is 0 Å². The summed E-state index contributed by atoms with van der Waals surface area (Å²) >= 11 is 0. The lowest BCUT2D eigenvalue weighted by molar-refractivity contribution is -0.117. The summed E-state index contributed by atoms with van der Waals surface area (Å²) in [5.74, 6) is -2.46. The summed E-state index contributed by atoms with van der Waals surface area (Å²) in [5.41, 5.74) is 0.356. The maximum Gasteiger partial charge on any atom is 0.337 e. The van der Waals surface area contributed by atoms with Gasteiger partial charge >= 0.3 is 5.97 Å². The highest BCUT2D eigenvalue weighted by molar-refractivity contribution is 6.09. The van der Waals surface area contributed by atoms with E-state index in [4.69, 9.17) is 0 Å². The number of anilines is 1. The molecule has 1 aliphatic rings. The van der Waals surface area contributed by atoms with Crippen molar-refractivity contribution in [2.45, 2.75) is 12.8 Å². The fourth-order valence-corrected chi connectivity index (χ4v) is 3.09. The largest absolute Gasteiger partial charge is 0.478 e. The number of carbonyl (C=O) groups is 3. The average Bonchev–Trinajstić information content (AvgIpc) is 3.46. The molecule has 9 nitrogen and oxygen atoms in total. The van der Waals surface area contributed by atoms with Crippen molar-refractivity contribution < 1.29 is 23.9 Å². The predicted octanol–water partition coefficient (Wildman–Crippen LogP) is 2.51. The number of hydrogen-bond acceptors (Lipinski definition) is 5. The van der Waals surface area contributed by atoms with Crippen LogP contribution in [0, 0.1) is 11.7 Å². The summed E-state index contributed by atoms with van der Waals surface area (Å²) in [6.45, 7) is 0. The van der Waals surface area contributed by atoms with Crippen LogP contribution in [0.4, 0.5) is 10.2 Å². The minimum atomic E-state index is -1.21. The molecule has 0 saturated heterocycles. The Bertz CT molecular complexity index is 1200. The second-order valence-corrected chi connectivity index (χ2v) is 7.31. The Morgan fingerprint density at radius 1 is 1.20 bits per heavy atom. The number of carboxylic acids is 1. The van der Waals surface area contributed by atoms with E-state index in [2.05, 4.69) is 20.3 Å². The molecule has 3 N–H and O–H groups in total. The molecular weight excluding hydrogens is 393 g/mol. The lowest BCUT2D eigenvalue weighted by Gasteiger charge is -2.10. The molecule has 0 radical (unpaired) electrons. The number of amides is 2. The third kappa shape index (κ3) is 3.47. The molecule has 1 saturated carbocycles. The smallest absolute Gasteiger partial charge is 0.337 e. The molecule has 30 heavy (non-hydrogen) atoms. The van der Waals surface area contributed by atoms with Gasteiger partial charge in [-0.15, -0.1) is 0 Å². The number of nitrogens with zero attached hydrogens (tertiary/aromatic N) is 3. The van der Waals surface area contributed by atoms with E-state index >= 15 is 0 Å². The van der Waals surface area contributed by atoms with Crippen LogP contribution in [0.2, 0.25) is 0 Å². The molecule has 10 heteroatoms. The molecule has 0 spiro atoms. The van der Waals surface area contributed by atoms with Crippen molar-refractivity contribution in [3.63, 3.8) is 0 Å². The van der Waals surface area contributed by atoms with Crippen LogP contribution >= 0.6 is 0 Å². The molecule has 0 aromatic carbocycles. The van der Waals surface area contributed by atoms with Crippen molar-refractivity contribution in [1.29, 1.82) is 0 Å². The minimum absolute atomic E-state index is 0.0728. The van der Waals surface area contributed by atoms with Crippen molar-refractivity contribution in [3.05, 3.63) is 41.5 Å². The van der Waals surface area contributed by atoms with E-state index in [1.807, 2.05) is 0 Å². The van der Waals surface area contributed by atoms with Crippen LogP contribution in [0.15, 0.2) is 24.5 Å². The summed E-state index contributed by atoms with van der Waals surface area (Å²) in [6, 6.07) is 2.51.